The van der Waals surface area contributed by atoms with Gasteiger partial charge in [-0.05, 0) is 25.3 Å². The molecule has 16 heteroatoms. The number of nitrogens with zero attached hydrogens (tertiary/aromatic N) is 1. The molecule has 0 aliphatic carbocycles. The van der Waals surface area contributed by atoms with Gasteiger partial charge in [0, 0.05) is 32.7 Å². The second-order valence-corrected chi connectivity index (χ2v) is 9.95. The van der Waals surface area contributed by atoms with E-state index in [9.17, 15) is 23.7 Å². The summed E-state index contributed by atoms with van der Waals surface area (Å²) in [6.45, 7) is 5.97. The molecule has 0 radical (unpaired) electrons. The number of carbonyl (C=O) groups is 4. The summed E-state index contributed by atoms with van der Waals surface area (Å²) in [6.07, 6.45) is 1.28. The smallest absolute Gasteiger partial charge is 0.479 e. The molecule has 1 aliphatic rings. The van der Waals surface area contributed by atoms with Crippen LogP contribution in [0.5, 0.6) is 0 Å². The van der Waals surface area contributed by atoms with Crippen LogP contribution in [-0.4, -0.2) is 102 Å². The highest BCUT2D eigenvalue weighted by molar-refractivity contribution is 7.53. The van der Waals surface area contributed by atoms with Crippen LogP contribution in [0.2, 0.25) is 0 Å². The summed E-state index contributed by atoms with van der Waals surface area (Å²) in [5.74, 6) is -5.33. The molecular weight excluding hydrogens is 474 g/mol. The minimum Gasteiger partial charge on any atom is -0.479 e. The van der Waals surface area contributed by atoms with E-state index in [4.69, 9.17) is 24.2 Å². The first-order valence-corrected chi connectivity index (χ1v) is 12.6. The van der Waals surface area contributed by atoms with Crippen molar-refractivity contribution in [2.24, 2.45) is 5.92 Å². The summed E-state index contributed by atoms with van der Waals surface area (Å²) in [5.41, 5.74) is 0. The van der Waals surface area contributed by atoms with E-state index in [0.717, 1.165) is 0 Å². The van der Waals surface area contributed by atoms with Crippen molar-refractivity contribution in [2.45, 2.75) is 44.8 Å². The van der Waals surface area contributed by atoms with E-state index in [-0.39, 0.29) is 24.8 Å². The second-order valence-electron chi connectivity index (χ2n) is 8.25. The van der Waals surface area contributed by atoms with Gasteiger partial charge in [-0.3, -0.25) is 23.8 Å². The average Bonchev–Trinajstić information content (AvgIpc) is 2.70. The van der Waals surface area contributed by atoms with Crippen molar-refractivity contribution >= 4 is 38.9 Å². The first-order valence-electron chi connectivity index (χ1n) is 10.9. The molecule has 0 saturated carbocycles. The molecule has 1 saturated heterocycles. The molecule has 194 valence electrons. The quantitative estimate of drug-likeness (QED) is 0.0871. The first kappa shape index (κ1) is 30.0. The third-order valence-electron chi connectivity index (χ3n) is 4.87. The Morgan fingerprint density at radius 3 is 2.24 bits per heavy atom. The van der Waals surface area contributed by atoms with Crippen LogP contribution in [0.4, 0.5) is 0 Å². The number of aliphatic carboxylic acids is 1. The van der Waals surface area contributed by atoms with Crippen LogP contribution in [0.3, 0.4) is 0 Å². The normalized spacial score (nSPS) is 17.3. The van der Waals surface area contributed by atoms with Crippen LogP contribution < -0.4 is 16.0 Å². The zero-order valence-electron chi connectivity index (χ0n) is 19.3. The summed E-state index contributed by atoms with van der Waals surface area (Å²) in [4.78, 5) is 65.2. The Labute approximate surface area is 198 Å². The number of carboxylic acid groups (broad SMARTS) is 1. The van der Waals surface area contributed by atoms with Crippen molar-refractivity contribution in [2.75, 3.05) is 39.4 Å². The van der Waals surface area contributed by atoms with Crippen molar-refractivity contribution < 1.29 is 47.9 Å². The highest BCUT2D eigenvalue weighted by Gasteiger charge is 2.37. The zero-order valence-corrected chi connectivity index (χ0v) is 20.2. The van der Waals surface area contributed by atoms with Crippen molar-refractivity contribution in [3.8, 4) is 0 Å². The molecule has 2 atom stereocenters. The van der Waals surface area contributed by atoms with Gasteiger partial charge >= 0.3 is 20.7 Å². The standard InChI is InChI=1S/C18H34BN4O10P/c1-13(2)10-14(21-16(26)11-20-12-24)19-32-8-6-23(7-9-33-19)5-3-4-15(25)22-17(18(27)28)34(29,30)31/h12-14,17H,3-11H2,1-2H3,(H,20,24)(H,21,26)(H,22,25)(H,27,28)(H2,29,30,31)/t14-,17?/m1/s1. The number of nitrogens with one attached hydrogen (secondary N) is 3. The van der Waals surface area contributed by atoms with E-state index < -0.39 is 38.3 Å². The highest BCUT2D eigenvalue weighted by atomic mass is 31.2. The van der Waals surface area contributed by atoms with Gasteiger partial charge in [-0.1, -0.05) is 13.8 Å². The Balaban J connectivity index is 2.49. The summed E-state index contributed by atoms with van der Waals surface area (Å²) in [5, 5.41) is 15.8. The molecule has 34 heavy (non-hydrogen) atoms. The van der Waals surface area contributed by atoms with E-state index in [2.05, 4.69) is 10.6 Å². The maximum Gasteiger partial charge on any atom is 0.480 e. The number of hydrogen-bond donors (Lipinski definition) is 6. The molecule has 14 nitrogen and oxygen atoms in total. The van der Waals surface area contributed by atoms with Crippen LogP contribution in [0, 0.1) is 5.92 Å². The summed E-state index contributed by atoms with van der Waals surface area (Å²) in [7, 11) is -5.67. The molecule has 1 unspecified atom stereocenters. The van der Waals surface area contributed by atoms with E-state index in [1.54, 1.807) is 0 Å². The SMILES string of the molecule is CC(C)C[C@@H](NC(=O)CNC=O)B1OCCN(CCCC(=O)NC(C(=O)O)P(=O)(O)O)CCO1. The Hall–Kier alpha value is -2.03. The molecule has 0 aromatic rings. The fourth-order valence-electron chi connectivity index (χ4n) is 3.33. The van der Waals surface area contributed by atoms with Gasteiger partial charge in [0.15, 0.2) is 0 Å². The van der Waals surface area contributed by atoms with E-state index in [0.29, 0.717) is 52.1 Å². The molecule has 1 fully saturated rings. The van der Waals surface area contributed by atoms with Crippen LogP contribution in [0.15, 0.2) is 0 Å². The van der Waals surface area contributed by atoms with Gasteiger partial charge in [-0.15, -0.1) is 0 Å². The molecular formula is C18H34BN4O10P. The lowest BCUT2D eigenvalue weighted by atomic mass is 9.73. The second kappa shape index (κ2) is 15.1. The van der Waals surface area contributed by atoms with Gasteiger partial charge in [-0.25, -0.2) is 4.79 Å². The Kier molecular flexibility index (Phi) is 13.3. The maximum absolute atomic E-state index is 12.0. The van der Waals surface area contributed by atoms with Crippen molar-refractivity contribution in [1.29, 1.82) is 0 Å². The van der Waals surface area contributed by atoms with Crippen LogP contribution in [0.1, 0.15) is 33.1 Å². The minimum atomic E-state index is -5.01. The van der Waals surface area contributed by atoms with Crippen LogP contribution in [0.25, 0.3) is 0 Å². The number of carboxylic acids is 1. The van der Waals surface area contributed by atoms with Crippen molar-refractivity contribution in [3.05, 3.63) is 0 Å². The predicted octanol–water partition coefficient (Wildman–Crippen LogP) is -1.88. The lowest BCUT2D eigenvalue weighted by Gasteiger charge is -2.31. The van der Waals surface area contributed by atoms with Crippen LogP contribution in [-0.2, 0) is 33.1 Å². The Bertz CT molecular complexity index is 728. The lowest BCUT2D eigenvalue weighted by Crippen LogP contribution is -2.54. The van der Waals surface area contributed by atoms with Gasteiger partial charge < -0.3 is 40.2 Å². The van der Waals surface area contributed by atoms with Crippen LogP contribution >= 0.6 is 7.60 Å². The third kappa shape index (κ3) is 11.9. The van der Waals surface area contributed by atoms with Crippen molar-refractivity contribution in [1.82, 2.24) is 20.9 Å². The van der Waals surface area contributed by atoms with E-state index >= 15 is 0 Å². The summed E-state index contributed by atoms with van der Waals surface area (Å²) < 4.78 is 22.8. The first-order chi connectivity index (χ1) is 15.9. The fraction of sp³-hybridized carbons (Fsp3) is 0.778. The monoisotopic (exact) mass is 508 g/mol. The van der Waals surface area contributed by atoms with Gasteiger partial charge in [0.2, 0.25) is 24.0 Å². The third-order valence-corrected chi connectivity index (χ3v) is 5.89. The Morgan fingerprint density at radius 1 is 1.12 bits per heavy atom. The van der Waals surface area contributed by atoms with E-state index in [1.807, 2.05) is 24.1 Å². The molecule has 0 aromatic carbocycles. The largest absolute Gasteiger partial charge is 0.480 e. The predicted molar refractivity (Wildman–Crippen MR) is 120 cm³/mol. The number of rotatable bonds is 14. The fourth-order valence-corrected chi connectivity index (χ4v) is 3.93. The number of amides is 3. The number of carbonyl (C=O) groups excluding carboxylic acids is 3. The molecule has 6 N–H and O–H groups in total. The molecule has 1 heterocycles. The van der Waals surface area contributed by atoms with E-state index in [1.165, 1.54) is 0 Å². The molecule has 1 aliphatic heterocycles. The average molecular weight is 508 g/mol. The molecule has 3 amide bonds. The molecule has 1 rings (SSSR count). The minimum absolute atomic E-state index is 0.109. The zero-order chi connectivity index (χ0) is 25.7. The van der Waals surface area contributed by atoms with Gasteiger partial charge in [0.25, 0.3) is 0 Å². The lowest BCUT2D eigenvalue weighted by molar-refractivity contribution is -0.139. The molecule has 0 bridgehead atoms. The molecule has 0 spiro atoms. The number of hydrogen-bond acceptors (Lipinski definition) is 8. The highest BCUT2D eigenvalue weighted by Crippen LogP contribution is 2.39. The van der Waals surface area contributed by atoms with Crippen molar-refractivity contribution in [3.63, 3.8) is 0 Å². The molecule has 0 aromatic heterocycles. The van der Waals surface area contributed by atoms with Gasteiger partial charge in [0.05, 0.1) is 12.5 Å². The summed E-state index contributed by atoms with van der Waals surface area (Å²) in [6, 6.07) is 0. The maximum atomic E-state index is 12.0. The van der Waals surface area contributed by atoms with Gasteiger partial charge in [-0.2, -0.15) is 0 Å². The Morgan fingerprint density at radius 2 is 1.74 bits per heavy atom. The van der Waals surface area contributed by atoms with Gasteiger partial charge in [0.1, 0.15) is 0 Å². The summed E-state index contributed by atoms with van der Waals surface area (Å²) >= 11 is 0. The topological polar surface area (TPSA) is 204 Å².